The lowest BCUT2D eigenvalue weighted by atomic mass is 10.1. The third-order valence-electron chi connectivity index (χ3n) is 5.28. The molecule has 1 saturated heterocycles. The molecule has 1 N–H and O–H groups in total. The van der Waals surface area contributed by atoms with Gasteiger partial charge in [-0.3, -0.25) is 14.4 Å². The number of nitrogens with zero attached hydrogens (tertiary/aromatic N) is 1. The van der Waals surface area contributed by atoms with E-state index < -0.39 is 23.9 Å². The molecule has 1 aromatic rings. The second-order valence-corrected chi connectivity index (χ2v) is 7.18. The van der Waals surface area contributed by atoms with E-state index in [-0.39, 0.29) is 18.4 Å². The lowest BCUT2D eigenvalue weighted by molar-refractivity contribution is -0.157. The van der Waals surface area contributed by atoms with E-state index in [0.29, 0.717) is 18.0 Å². The van der Waals surface area contributed by atoms with Crippen LogP contribution in [0.2, 0.25) is 0 Å². The van der Waals surface area contributed by atoms with Gasteiger partial charge in [-0.1, -0.05) is 12.8 Å². The largest absolute Gasteiger partial charge is 0.497 e. The molecule has 1 aliphatic heterocycles. The highest BCUT2D eigenvalue weighted by molar-refractivity contribution is 5.95. The van der Waals surface area contributed by atoms with Gasteiger partial charge in [-0.05, 0) is 44.0 Å². The molecule has 0 spiro atoms. The average Bonchev–Trinajstić information content (AvgIpc) is 3.31. The number of anilines is 1. The number of methoxy groups -OCH3 is 1. The smallest absolute Gasteiger partial charge is 0.312 e. The molecule has 1 saturated carbocycles. The topological polar surface area (TPSA) is 84.9 Å². The second kappa shape index (κ2) is 8.41. The second-order valence-electron chi connectivity index (χ2n) is 7.18. The molecular weight excluding hydrogens is 348 g/mol. The van der Waals surface area contributed by atoms with Crippen LogP contribution in [0.4, 0.5) is 5.69 Å². The summed E-state index contributed by atoms with van der Waals surface area (Å²) in [5.41, 5.74) is 0.590. The first-order valence-corrected chi connectivity index (χ1v) is 9.43. The molecule has 1 aliphatic carbocycles. The van der Waals surface area contributed by atoms with Gasteiger partial charge in [-0.15, -0.1) is 0 Å². The first kappa shape index (κ1) is 19.2. The standard InChI is InChI=1S/C20H26N2O5/c1-13(19(24)21-15-7-9-17(26-2)10-8-15)27-20(25)14-11-18(23)22(12-14)16-5-3-4-6-16/h7-10,13-14,16H,3-6,11-12H2,1-2H3,(H,21,24)/t13-,14-/m0/s1. The van der Waals surface area contributed by atoms with Crippen molar-refractivity contribution in [1.82, 2.24) is 4.90 Å². The van der Waals surface area contributed by atoms with E-state index >= 15 is 0 Å². The molecule has 3 rings (SSSR count). The first-order chi connectivity index (χ1) is 13.0. The molecule has 146 valence electrons. The van der Waals surface area contributed by atoms with Crippen LogP contribution in [0, 0.1) is 5.92 Å². The number of rotatable bonds is 6. The lowest BCUT2D eigenvalue weighted by Crippen LogP contribution is -2.36. The maximum absolute atomic E-state index is 12.4. The van der Waals surface area contributed by atoms with Crippen LogP contribution >= 0.6 is 0 Å². The van der Waals surface area contributed by atoms with E-state index in [1.807, 2.05) is 4.90 Å². The normalized spacial score (nSPS) is 21.2. The number of carbonyl (C=O) groups is 3. The van der Waals surface area contributed by atoms with Crippen molar-refractivity contribution < 1.29 is 23.9 Å². The minimum Gasteiger partial charge on any atom is -0.497 e. The van der Waals surface area contributed by atoms with E-state index in [2.05, 4.69) is 5.32 Å². The van der Waals surface area contributed by atoms with Gasteiger partial charge in [0.05, 0.1) is 13.0 Å². The van der Waals surface area contributed by atoms with Gasteiger partial charge >= 0.3 is 5.97 Å². The van der Waals surface area contributed by atoms with E-state index in [1.54, 1.807) is 31.4 Å². The average molecular weight is 374 g/mol. The van der Waals surface area contributed by atoms with E-state index in [0.717, 1.165) is 25.7 Å². The Hall–Kier alpha value is -2.57. The van der Waals surface area contributed by atoms with Gasteiger partial charge in [0.1, 0.15) is 5.75 Å². The van der Waals surface area contributed by atoms with E-state index in [1.165, 1.54) is 6.92 Å². The van der Waals surface area contributed by atoms with Crippen LogP contribution < -0.4 is 10.1 Å². The zero-order valence-electron chi connectivity index (χ0n) is 15.8. The summed E-state index contributed by atoms with van der Waals surface area (Å²) in [5, 5.41) is 2.70. The van der Waals surface area contributed by atoms with Gasteiger partial charge in [0.25, 0.3) is 5.91 Å². The van der Waals surface area contributed by atoms with Crippen LogP contribution in [0.5, 0.6) is 5.75 Å². The third kappa shape index (κ3) is 4.59. The van der Waals surface area contributed by atoms with Crippen LogP contribution in [0.1, 0.15) is 39.0 Å². The molecule has 7 nitrogen and oxygen atoms in total. The number of benzene rings is 1. The summed E-state index contributed by atoms with van der Waals surface area (Å²) in [7, 11) is 1.57. The summed E-state index contributed by atoms with van der Waals surface area (Å²) in [4.78, 5) is 38.7. The Labute approximate surface area is 159 Å². The SMILES string of the molecule is COc1ccc(NC(=O)[C@H](C)OC(=O)[C@H]2CC(=O)N(C3CCCC3)C2)cc1. The van der Waals surface area contributed by atoms with Crippen LogP contribution in [0.3, 0.4) is 0 Å². The highest BCUT2D eigenvalue weighted by Crippen LogP contribution is 2.30. The predicted octanol–water partition coefficient (Wildman–Crippen LogP) is 2.36. The van der Waals surface area contributed by atoms with Crippen LogP contribution in [0.15, 0.2) is 24.3 Å². The monoisotopic (exact) mass is 374 g/mol. The summed E-state index contributed by atoms with van der Waals surface area (Å²) in [6.07, 6.45) is 3.51. The fourth-order valence-corrected chi connectivity index (χ4v) is 3.70. The lowest BCUT2D eigenvalue weighted by Gasteiger charge is -2.24. The van der Waals surface area contributed by atoms with Crippen molar-refractivity contribution in [1.29, 1.82) is 0 Å². The quantitative estimate of drug-likeness (QED) is 0.773. The van der Waals surface area contributed by atoms with Crippen molar-refractivity contribution in [2.45, 2.75) is 51.2 Å². The minimum absolute atomic E-state index is 0.0131. The Bertz CT molecular complexity index is 697. The summed E-state index contributed by atoms with van der Waals surface area (Å²) in [6.45, 7) is 1.93. The number of carbonyl (C=O) groups excluding carboxylic acids is 3. The maximum Gasteiger partial charge on any atom is 0.312 e. The number of esters is 1. The van der Waals surface area contributed by atoms with Crippen LogP contribution in [-0.2, 0) is 19.1 Å². The molecule has 27 heavy (non-hydrogen) atoms. The zero-order valence-corrected chi connectivity index (χ0v) is 15.8. The summed E-state index contributed by atoms with van der Waals surface area (Å²) >= 11 is 0. The molecule has 0 aromatic heterocycles. The molecule has 0 radical (unpaired) electrons. The van der Waals surface area contributed by atoms with Gasteiger partial charge in [0.2, 0.25) is 5.91 Å². The van der Waals surface area contributed by atoms with Crippen molar-refractivity contribution in [2.75, 3.05) is 19.0 Å². The molecule has 0 unspecified atom stereocenters. The van der Waals surface area contributed by atoms with Crippen LogP contribution in [-0.4, -0.2) is 48.5 Å². The molecular formula is C20H26N2O5. The Morgan fingerprint density at radius 3 is 2.48 bits per heavy atom. The minimum atomic E-state index is -0.935. The maximum atomic E-state index is 12.4. The van der Waals surface area contributed by atoms with Gasteiger partial charge in [-0.25, -0.2) is 0 Å². The number of ether oxygens (including phenoxy) is 2. The van der Waals surface area contributed by atoms with Crippen molar-refractivity contribution in [3.05, 3.63) is 24.3 Å². The van der Waals surface area contributed by atoms with Gasteiger partial charge < -0.3 is 19.7 Å². The third-order valence-corrected chi connectivity index (χ3v) is 5.28. The Balaban J connectivity index is 1.50. The van der Waals surface area contributed by atoms with Crippen molar-refractivity contribution in [2.24, 2.45) is 5.92 Å². The van der Waals surface area contributed by atoms with Gasteiger partial charge in [0.15, 0.2) is 6.10 Å². The summed E-state index contributed by atoms with van der Waals surface area (Å²) in [5.74, 6) is -0.689. The summed E-state index contributed by atoms with van der Waals surface area (Å²) < 4.78 is 10.4. The Kier molecular flexibility index (Phi) is 5.98. The Morgan fingerprint density at radius 1 is 1.19 bits per heavy atom. The fourth-order valence-electron chi connectivity index (χ4n) is 3.70. The van der Waals surface area contributed by atoms with Crippen molar-refractivity contribution >= 4 is 23.5 Å². The first-order valence-electron chi connectivity index (χ1n) is 9.43. The molecule has 2 aliphatic rings. The number of likely N-dealkylation sites (tertiary alicyclic amines) is 1. The van der Waals surface area contributed by atoms with Crippen LogP contribution in [0.25, 0.3) is 0 Å². The zero-order chi connectivity index (χ0) is 19.4. The van der Waals surface area contributed by atoms with Gasteiger partial charge in [-0.2, -0.15) is 0 Å². The molecule has 2 atom stereocenters. The number of hydrogen-bond donors (Lipinski definition) is 1. The highest BCUT2D eigenvalue weighted by Gasteiger charge is 2.40. The molecule has 2 fully saturated rings. The molecule has 1 aromatic carbocycles. The molecule has 1 heterocycles. The number of hydrogen-bond acceptors (Lipinski definition) is 5. The molecule has 7 heteroatoms. The van der Waals surface area contributed by atoms with Crippen molar-refractivity contribution in [3.63, 3.8) is 0 Å². The highest BCUT2D eigenvalue weighted by atomic mass is 16.5. The molecule has 0 bridgehead atoms. The van der Waals surface area contributed by atoms with Gasteiger partial charge in [0, 0.05) is 24.7 Å². The summed E-state index contributed by atoms with van der Waals surface area (Å²) in [6, 6.07) is 7.13. The van der Waals surface area contributed by atoms with E-state index in [9.17, 15) is 14.4 Å². The number of amides is 2. The molecule has 2 amide bonds. The fraction of sp³-hybridized carbons (Fsp3) is 0.550. The van der Waals surface area contributed by atoms with Crippen molar-refractivity contribution in [3.8, 4) is 5.75 Å². The Morgan fingerprint density at radius 2 is 1.85 bits per heavy atom. The number of nitrogens with one attached hydrogen (secondary N) is 1. The van der Waals surface area contributed by atoms with E-state index in [4.69, 9.17) is 9.47 Å². The predicted molar refractivity (Wildman–Crippen MR) is 99.3 cm³/mol.